The minimum atomic E-state index is -0.662. The number of non-ortho nitro benzene ring substituents is 1. The van der Waals surface area contributed by atoms with Crippen LogP contribution in [0.25, 0.3) is 11.8 Å². The zero-order valence-corrected chi connectivity index (χ0v) is 23.6. The Bertz CT molecular complexity index is 1810. The van der Waals surface area contributed by atoms with Gasteiger partial charge in [0.15, 0.2) is 4.80 Å². The van der Waals surface area contributed by atoms with Gasteiger partial charge in [-0.05, 0) is 68.8 Å². The number of carbonyl (C=O) groups is 1. The summed E-state index contributed by atoms with van der Waals surface area (Å²) in [5.41, 5.74) is 2.96. The average molecular weight is 576 g/mol. The predicted octanol–water partition coefficient (Wildman–Crippen LogP) is 4.46. The maximum Gasteiger partial charge on any atom is 0.271 e. The number of likely N-dealkylation sites (N-methyl/N-ethyl adjacent to an activating group) is 1. The number of rotatable bonds is 7. The molecule has 9 nitrogen and oxygen atoms in total. The van der Waals surface area contributed by atoms with Gasteiger partial charge in [-0.15, -0.1) is 0 Å². The van der Waals surface area contributed by atoms with Gasteiger partial charge in [0, 0.05) is 47.8 Å². The Morgan fingerprint density at radius 1 is 1.12 bits per heavy atom. The Kier molecular flexibility index (Phi) is 7.55. The highest BCUT2D eigenvalue weighted by Crippen LogP contribution is 2.32. The number of fused-ring (bicyclic) bond motifs is 1. The van der Waals surface area contributed by atoms with Crippen molar-refractivity contribution in [3.05, 3.63) is 124 Å². The fourth-order valence-corrected chi connectivity index (χ4v) is 6.01. The molecular weight excluding hydrogens is 550 g/mol. The van der Waals surface area contributed by atoms with Crippen LogP contribution in [0.1, 0.15) is 38.1 Å². The van der Waals surface area contributed by atoms with Crippen LogP contribution in [0.4, 0.5) is 5.69 Å². The van der Waals surface area contributed by atoms with E-state index in [0.717, 1.165) is 16.9 Å². The van der Waals surface area contributed by atoms with Crippen LogP contribution in [0.3, 0.4) is 0 Å². The molecule has 0 fully saturated rings. The van der Waals surface area contributed by atoms with E-state index >= 15 is 0 Å². The molecule has 1 aliphatic heterocycles. The monoisotopic (exact) mass is 575 g/mol. The summed E-state index contributed by atoms with van der Waals surface area (Å²) >= 11 is 7.42. The van der Waals surface area contributed by atoms with Crippen molar-refractivity contribution in [2.75, 3.05) is 13.1 Å². The largest absolute Gasteiger partial charge is 0.339 e. The third-order valence-electron chi connectivity index (χ3n) is 6.89. The number of hydrogen-bond donors (Lipinski definition) is 0. The quantitative estimate of drug-likeness (QED) is 0.240. The molecule has 1 atom stereocenters. The lowest BCUT2D eigenvalue weighted by Crippen LogP contribution is -2.43. The van der Waals surface area contributed by atoms with Crippen molar-refractivity contribution in [1.29, 1.82) is 0 Å². The Balaban J connectivity index is 1.66. The fraction of sp³-hybridized carbons (Fsp3) is 0.207. The number of aromatic nitrogens is 2. The van der Waals surface area contributed by atoms with Crippen LogP contribution in [0.5, 0.6) is 0 Å². The Morgan fingerprint density at radius 2 is 1.80 bits per heavy atom. The van der Waals surface area contributed by atoms with Crippen LogP contribution in [-0.4, -0.2) is 38.0 Å². The molecule has 4 aromatic rings. The molecule has 204 valence electrons. The van der Waals surface area contributed by atoms with Crippen molar-refractivity contribution in [2.24, 2.45) is 4.99 Å². The molecule has 0 aliphatic carbocycles. The summed E-state index contributed by atoms with van der Waals surface area (Å²) < 4.78 is 3.88. The van der Waals surface area contributed by atoms with Crippen LogP contribution in [0.2, 0.25) is 5.02 Å². The number of nitro benzene ring substituents is 1. The van der Waals surface area contributed by atoms with E-state index in [1.165, 1.54) is 23.5 Å². The molecule has 0 unspecified atom stereocenters. The van der Waals surface area contributed by atoms with E-state index in [9.17, 15) is 19.7 Å². The SMILES string of the molecule is CCN(CC)C(=O)C1=C(C)N=c2s/c(=C/c3cccn3-c3ccc([N+](=O)[O-])cc3)c(=O)n2[C@@H]1c1ccc(Cl)cc1. The maximum atomic E-state index is 14.0. The zero-order chi connectivity index (χ0) is 28.6. The molecule has 11 heteroatoms. The van der Waals surface area contributed by atoms with Crippen molar-refractivity contribution in [1.82, 2.24) is 14.0 Å². The maximum absolute atomic E-state index is 14.0. The Morgan fingerprint density at radius 3 is 2.42 bits per heavy atom. The number of hydrogen-bond acceptors (Lipinski definition) is 6. The van der Waals surface area contributed by atoms with Crippen LogP contribution >= 0.6 is 22.9 Å². The summed E-state index contributed by atoms with van der Waals surface area (Å²) in [5, 5.41) is 11.6. The molecule has 0 bridgehead atoms. The highest BCUT2D eigenvalue weighted by molar-refractivity contribution is 7.07. The van der Waals surface area contributed by atoms with Crippen molar-refractivity contribution in [3.8, 4) is 5.69 Å². The minimum Gasteiger partial charge on any atom is -0.339 e. The van der Waals surface area contributed by atoms with Gasteiger partial charge in [0.05, 0.1) is 26.8 Å². The molecule has 0 N–H and O–H groups in total. The van der Waals surface area contributed by atoms with Crippen molar-refractivity contribution in [2.45, 2.75) is 26.8 Å². The van der Waals surface area contributed by atoms with E-state index in [0.29, 0.717) is 38.7 Å². The number of nitrogens with zero attached hydrogens (tertiary/aromatic N) is 5. The summed E-state index contributed by atoms with van der Waals surface area (Å²) in [7, 11) is 0. The number of allylic oxidation sites excluding steroid dienone is 1. The number of thiazole rings is 1. The third-order valence-corrected chi connectivity index (χ3v) is 8.12. The molecular formula is C29H26ClN5O4S. The van der Waals surface area contributed by atoms with Gasteiger partial charge in [-0.3, -0.25) is 24.3 Å². The van der Waals surface area contributed by atoms with Gasteiger partial charge in [0.2, 0.25) is 0 Å². The zero-order valence-electron chi connectivity index (χ0n) is 22.1. The first kappa shape index (κ1) is 27.3. The van der Waals surface area contributed by atoms with E-state index in [1.54, 1.807) is 46.7 Å². The first-order valence-electron chi connectivity index (χ1n) is 12.7. The number of halogens is 1. The molecule has 0 saturated heterocycles. The van der Waals surface area contributed by atoms with Gasteiger partial charge in [-0.25, -0.2) is 4.99 Å². The first-order valence-corrected chi connectivity index (χ1v) is 13.9. The topological polar surface area (TPSA) is 103 Å². The van der Waals surface area contributed by atoms with Crippen molar-refractivity contribution < 1.29 is 9.72 Å². The van der Waals surface area contributed by atoms with Crippen molar-refractivity contribution >= 4 is 40.6 Å². The first-order chi connectivity index (χ1) is 19.2. The van der Waals surface area contributed by atoms with Gasteiger partial charge in [0.1, 0.15) is 0 Å². The van der Waals surface area contributed by atoms with Gasteiger partial charge in [0.25, 0.3) is 17.2 Å². The second-order valence-corrected chi connectivity index (χ2v) is 10.6. The molecule has 1 aliphatic rings. The molecule has 3 heterocycles. The fourth-order valence-electron chi connectivity index (χ4n) is 4.85. The lowest BCUT2D eigenvalue weighted by molar-refractivity contribution is -0.384. The predicted molar refractivity (Wildman–Crippen MR) is 156 cm³/mol. The molecule has 0 saturated carbocycles. The van der Waals surface area contributed by atoms with Crippen LogP contribution in [0, 0.1) is 10.1 Å². The smallest absolute Gasteiger partial charge is 0.271 e. The lowest BCUT2D eigenvalue weighted by atomic mass is 9.94. The normalized spacial score (nSPS) is 15.1. The summed E-state index contributed by atoms with van der Waals surface area (Å²) in [6, 6.07) is 16.4. The lowest BCUT2D eigenvalue weighted by Gasteiger charge is -2.29. The number of benzene rings is 2. The van der Waals surface area contributed by atoms with Gasteiger partial charge < -0.3 is 9.47 Å². The summed E-state index contributed by atoms with van der Waals surface area (Å²) in [4.78, 5) is 45.2. The van der Waals surface area contributed by atoms with E-state index < -0.39 is 11.0 Å². The summed E-state index contributed by atoms with van der Waals surface area (Å²) in [6.07, 6.45) is 3.60. The third kappa shape index (κ3) is 4.91. The molecule has 0 radical (unpaired) electrons. The van der Waals surface area contributed by atoms with Crippen LogP contribution in [-0.2, 0) is 4.79 Å². The van der Waals surface area contributed by atoms with Gasteiger partial charge >= 0.3 is 0 Å². The molecule has 5 rings (SSSR count). The summed E-state index contributed by atoms with van der Waals surface area (Å²) in [5.74, 6) is -0.160. The average Bonchev–Trinajstić information content (AvgIpc) is 3.53. The molecule has 2 aromatic heterocycles. The molecule has 2 aromatic carbocycles. The van der Waals surface area contributed by atoms with Crippen LogP contribution in [0.15, 0.2) is 87.9 Å². The highest BCUT2D eigenvalue weighted by Gasteiger charge is 2.34. The standard InChI is InChI=1S/C29H26ClN5O4S/c1-4-32(5-2)28(37)25-18(3)31-29-34(26(25)19-8-10-20(30)11-9-19)27(36)24(40-29)17-23-7-6-16-33(23)21-12-14-22(15-13-21)35(38)39/h6-17,26H,4-5H2,1-3H3/b24-17+/t26-/m1/s1. The number of carbonyl (C=O) groups excluding carboxylic acids is 1. The van der Waals surface area contributed by atoms with E-state index in [1.807, 2.05) is 48.9 Å². The second kappa shape index (κ2) is 11.1. The summed E-state index contributed by atoms with van der Waals surface area (Å²) in [6.45, 7) is 6.71. The second-order valence-electron chi connectivity index (χ2n) is 9.19. The van der Waals surface area contributed by atoms with Crippen molar-refractivity contribution in [3.63, 3.8) is 0 Å². The van der Waals surface area contributed by atoms with Gasteiger partial charge in [-0.2, -0.15) is 0 Å². The van der Waals surface area contributed by atoms with Crippen LogP contribution < -0.4 is 14.9 Å². The molecule has 1 amide bonds. The van der Waals surface area contributed by atoms with Gasteiger partial charge in [-0.1, -0.05) is 35.1 Å². The number of nitro groups is 1. The van der Waals surface area contributed by atoms with E-state index in [2.05, 4.69) is 0 Å². The number of amides is 1. The van der Waals surface area contributed by atoms with E-state index in [-0.39, 0.29) is 17.2 Å². The highest BCUT2D eigenvalue weighted by atomic mass is 35.5. The van der Waals surface area contributed by atoms with E-state index in [4.69, 9.17) is 16.6 Å². The Labute approximate surface area is 238 Å². The Hall–Kier alpha value is -4.28. The minimum absolute atomic E-state index is 0.00148. The molecule has 0 spiro atoms. The molecule has 40 heavy (non-hydrogen) atoms.